The Morgan fingerprint density at radius 1 is 0.900 bits per heavy atom. The highest BCUT2D eigenvalue weighted by molar-refractivity contribution is 7.89. The summed E-state index contributed by atoms with van der Waals surface area (Å²) >= 11 is 12.1. The van der Waals surface area contributed by atoms with Crippen molar-refractivity contribution in [3.8, 4) is 17.2 Å². The van der Waals surface area contributed by atoms with Gasteiger partial charge in [-0.2, -0.15) is 4.31 Å². The summed E-state index contributed by atoms with van der Waals surface area (Å²) in [5.41, 5.74) is 0.935. The van der Waals surface area contributed by atoms with E-state index in [9.17, 15) is 8.42 Å². The van der Waals surface area contributed by atoms with Crippen LogP contribution in [0.1, 0.15) is 5.56 Å². The van der Waals surface area contributed by atoms with Gasteiger partial charge in [0.2, 0.25) is 15.8 Å². The fourth-order valence-corrected chi connectivity index (χ4v) is 5.63. The Labute approximate surface area is 187 Å². The van der Waals surface area contributed by atoms with Crippen LogP contribution in [-0.2, 0) is 16.6 Å². The molecule has 3 rings (SSSR count). The van der Waals surface area contributed by atoms with Crippen LogP contribution >= 0.6 is 23.2 Å². The number of halogens is 2. The first-order valence-electron chi connectivity index (χ1n) is 9.27. The number of nitrogens with zero attached hydrogens (tertiary/aromatic N) is 2. The minimum Gasteiger partial charge on any atom is -0.493 e. The largest absolute Gasteiger partial charge is 0.493 e. The Balaban J connectivity index is 1.73. The van der Waals surface area contributed by atoms with Crippen molar-refractivity contribution < 1.29 is 22.6 Å². The third-order valence-corrected chi connectivity index (χ3v) is 7.64. The summed E-state index contributed by atoms with van der Waals surface area (Å²) in [5.74, 6) is 1.74. The highest BCUT2D eigenvalue weighted by atomic mass is 35.5. The molecule has 0 spiro atoms. The number of hydrogen-bond donors (Lipinski definition) is 0. The van der Waals surface area contributed by atoms with Crippen molar-refractivity contribution in [1.82, 2.24) is 9.21 Å². The molecule has 0 radical (unpaired) electrons. The Hall–Kier alpha value is -1.71. The van der Waals surface area contributed by atoms with Crippen LogP contribution in [0.4, 0.5) is 0 Å². The summed E-state index contributed by atoms with van der Waals surface area (Å²) < 4.78 is 43.7. The van der Waals surface area contributed by atoms with Gasteiger partial charge in [-0.3, -0.25) is 4.90 Å². The van der Waals surface area contributed by atoms with E-state index in [2.05, 4.69) is 4.90 Å². The highest BCUT2D eigenvalue weighted by Gasteiger charge is 2.31. The molecule has 2 aromatic rings. The highest BCUT2D eigenvalue weighted by Crippen LogP contribution is 2.40. The number of piperazine rings is 1. The van der Waals surface area contributed by atoms with Crippen LogP contribution in [0, 0.1) is 0 Å². The zero-order valence-electron chi connectivity index (χ0n) is 17.0. The van der Waals surface area contributed by atoms with E-state index in [1.54, 1.807) is 27.4 Å². The van der Waals surface area contributed by atoms with Crippen molar-refractivity contribution in [2.24, 2.45) is 0 Å². The summed E-state index contributed by atoms with van der Waals surface area (Å²) in [6, 6.07) is 8.21. The second-order valence-electron chi connectivity index (χ2n) is 6.75. The fourth-order valence-electron chi connectivity index (χ4n) is 3.47. The summed E-state index contributed by atoms with van der Waals surface area (Å²) in [6.07, 6.45) is 0. The van der Waals surface area contributed by atoms with Gasteiger partial charge >= 0.3 is 0 Å². The van der Waals surface area contributed by atoms with Crippen molar-refractivity contribution in [1.29, 1.82) is 0 Å². The number of ether oxygens (including phenoxy) is 3. The molecule has 0 saturated carbocycles. The summed E-state index contributed by atoms with van der Waals surface area (Å²) in [6.45, 7) is 2.42. The second-order valence-corrected chi connectivity index (χ2v) is 9.50. The van der Waals surface area contributed by atoms with Crippen molar-refractivity contribution in [2.45, 2.75) is 11.4 Å². The van der Waals surface area contributed by atoms with Crippen LogP contribution in [0.3, 0.4) is 0 Å². The number of hydrogen-bond acceptors (Lipinski definition) is 6. The molecule has 164 valence electrons. The molecule has 1 fully saturated rings. The maximum Gasteiger partial charge on any atom is 0.244 e. The Kier molecular flexibility index (Phi) is 7.36. The predicted molar refractivity (Wildman–Crippen MR) is 117 cm³/mol. The number of methoxy groups -OCH3 is 3. The Morgan fingerprint density at radius 3 is 2.17 bits per heavy atom. The van der Waals surface area contributed by atoms with Crippen LogP contribution in [0.25, 0.3) is 0 Å². The molecular weight excluding hydrogens is 451 g/mol. The van der Waals surface area contributed by atoms with Gasteiger partial charge in [-0.05, 0) is 24.3 Å². The number of sulfonamides is 1. The molecule has 0 amide bonds. The third-order valence-electron chi connectivity index (χ3n) is 5.02. The summed E-state index contributed by atoms with van der Waals surface area (Å²) in [4.78, 5) is 2.20. The summed E-state index contributed by atoms with van der Waals surface area (Å²) in [7, 11) is 1.00. The monoisotopic (exact) mass is 474 g/mol. The van der Waals surface area contributed by atoms with E-state index >= 15 is 0 Å². The third kappa shape index (κ3) is 4.63. The minimum absolute atomic E-state index is 0.0340. The van der Waals surface area contributed by atoms with Crippen LogP contribution in [-0.4, -0.2) is 65.1 Å². The lowest BCUT2D eigenvalue weighted by atomic mass is 10.1. The lowest BCUT2D eigenvalue weighted by Crippen LogP contribution is -2.48. The van der Waals surface area contributed by atoms with E-state index < -0.39 is 10.0 Å². The van der Waals surface area contributed by atoms with Gasteiger partial charge in [0.05, 0.1) is 26.4 Å². The molecule has 1 aliphatic heterocycles. The van der Waals surface area contributed by atoms with Crippen molar-refractivity contribution in [3.05, 3.63) is 45.9 Å². The maximum absolute atomic E-state index is 13.0. The van der Waals surface area contributed by atoms with Crippen LogP contribution in [0.5, 0.6) is 17.2 Å². The van der Waals surface area contributed by atoms with Crippen LogP contribution in [0.15, 0.2) is 35.2 Å². The SMILES string of the molecule is COc1ccc(CN2CCN(S(=O)(=O)c3cc(Cl)ccc3Cl)CC2)c(OC)c1OC. The first-order chi connectivity index (χ1) is 14.3. The zero-order chi connectivity index (χ0) is 21.9. The van der Waals surface area contributed by atoms with Gasteiger partial charge in [-0.1, -0.05) is 29.3 Å². The van der Waals surface area contributed by atoms with E-state index in [0.29, 0.717) is 55.0 Å². The number of rotatable bonds is 7. The van der Waals surface area contributed by atoms with E-state index in [0.717, 1.165) is 5.56 Å². The molecule has 0 N–H and O–H groups in total. The van der Waals surface area contributed by atoms with Gasteiger partial charge in [0.1, 0.15) is 4.90 Å². The topological polar surface area (TPSA) is 68.3 Å². The molecule has 0 aromatic heterocycles. The first-order valence-corrected chi connectivity index (χ1v) is 11.5. The predicted octanol–water partition coefficient (Wildman–Crippen LogP) is 3.53. The van der Waals surface area contributed by atoms with Gasteiger partial charge in [0.15, 0.2) is 11.5 Å². The second kappa shape index (κ2) is 9.62. The molecule has 1 aliphatic rings. The average Bonchev–Trinajstić information content (AvgIpc) is 2.75. The normalized spacial score (nSPS) is 15.8. The molecule has 0 atom stereocenters. The van der Waals surface area contributed by atoms with Gasteiger partial charge in [-0.25, -0.2) is 8.42 Å². The minimum atomic E-state index is -3.71. The maximum atomic E-state index is 13.0. The summed E-state index contributed by atoms with van der Waals surface area (Å²) in [5, 5.41) is 0.494. The molecule has 2 aromatic carbocycles. The molecular formula is C20H24Cl2N2O5S. The molecule has 0 aliphatic carbocycles. The molecule has 1 saturated heterocycles. The lowest BCUT2D eigenvalue weighted by molar-refractivity contribution is 0.179. The van der Waals surface area contributed by atoms with Gasteiger partial charge in [0.25, 0.3) is 0 Å². The Morgan fingerprint density at radius 2 is 1.57 bits per heavy atom. The molecule has 7 nitrogen and oxygen atoms in total. The van der Waals surface area contributed by atoms with Crippen molar-refractivity contribution in [2.75, 3.05) is 47.5 Å². The van der Waals surface area contributed by atoms with Gasteiger partial charge in [0, 0.05) is 43.3 Å². The number of benzene rings is 2. The quantitative estimate of drug-likeness (QED) is 0.611. The molecule has 0 unspecified atom stereocenters. The lowest BCUT2D eigenvalue weighted by Gasteiger charge is -2.34. The van der Waals surface area contributed by atoms with Crippen LogP contribution in [0.2, 0.25) is 10.0 Å². The fraction of sp³-hybridized carbons (Fsp3) is 0.400. The first kappa shape index (κ1) is 23.0. The molecule has 0 bridgehead atoms. The van der Waals surface area contributed by atoms with E-state index in [-0.39, 0.29) is 9.92 Å². The van der Waals surface area contributed by atoms with E-state index in [4.69, 9.17) is 37.4 Å². The van der Waals surface area contributed by atoms with Gasteiger partial charge < -0.3 is 14.2 Å². The van der Waals surface area contributed by atoms with Gasteiger partial charge in [-0.15, -0.1) is 0 Å². The van der Waals surface area contributed by atoms with Crippen LogP contribution < -0.4 is 14.2 Å². The molecule has 10 heteroatoms. The average molecular weight is 475 g/mol. The van der Waals surface area contributed by atoms with Crippen molar-refractivity contribution in [3.63, 3.8) is 0 Å². The van der Waals surface area contributed by atoms with Crippen molar-refractivity contribution >= 4 is 33.2 Å². The standard InChI is InChI=1S/C20H24Cl2N2O5S/c1-27-17-7-4-14(19(28-2)20(17)29-3)13-23-8-10-24(11-9-23)30(25,26)18-12-15(21)5-6-16(18)22/h4-7,12H,8-11,13H2,1-3H3. The molecule has 30 heavy (non-hydrogen) atoms. The van der Waals surface area contributed by atoms with E-state index in [1.165, 1.54) is 16.4 Å². The smallest absolute Gasteiger partial charge is 0.244 e. The Bertz CT molecular complexity index is 1010. The molecule has 1 heterocycles. The van der Waals surface area contributed by atoms with E-state index in [1.807, 2.05) is 12.1 Å². The zero-order valence-corrected chi connectivity index (χ0v) is 19.4.